The van der Waals surface area contributed by atoms with E-state index in [1.54, 1.807) is 4.90 Å². The largest absolute Gasteiger partial charge is 0.352 e. The minimum Gasteiger partial charge on any atom is -0.352 e. The van der Waals surface area contributed by atoms with Gasteiger partial charge in [-0.1, -0.05) is 0 Å². The van der Waals surface area contributed by atoms with Gasteiger partial charge in [0.25, 0.3) is 0 Å². The van der Waals surface area contributed by atoms with Gasteiger partial charge in [-0.05, 0) is 59.2 Å². The average Bonchev–Trinajstić information content (AvgIpc) is 2.44. The molecule has 0 aromatic heterocycles. The fourth-order valence-corrected chi connectivity index (χ4v) is 2.59. The summed E-state index contributed by atoms with van der Waals surface area (Å²) in [6.45, 7) is 9.41. The molecule has 6 nitrogen and oxygen atoms in total. The van der Waals surface area contributed by atoms with Gasteiger partial charge >= 0.3 is 0 Å². The lowest BCUT2D eigenvalue weighted by atomic mass is 9.97. The molecule has 1 heterocycles. The van der Waals surface area contributed by atoms with E-state index in [0.717, 1.165) is 32.5 Å². The van der Waals surface area contributed by atoms with E-state index in [9.17, 15) is 9.59 Å². The molecule has 0 bridgehead atoms. The van der Waals surface area contributed by atoms with Gasteiger partial charge in [-0.25, -0.2) is 0 Å². The summed E-state index contributed by atoms with van der Waals surface area (Å²) in [6.07, 6.45) is 2.12. The van der Waals surface area contributed by atoms with Crippen LogP contribution in [0.25, 0.3) is 0 Å². The molecule has 1 fully saturated rings. The van der Waals surface area contributed by atoms with Crippen molar-refractivity contribution in [1.29, 1.82) is 0 Å². The van der Waals surface area contributed by atoms with Crippen LogP contribution >= 0.6 is 0 Å². The number of rotatable bonds is 7. The zero-order chi connectivity index (χ0) is 15.8. The fraction of sp³-hybridized carbons (Fsp3) is 0.867. The second-order valence-electron chi connectivity index (χ2n) is 6.09. The molecule has 21 heavy (non-hydrogen) atoms. The van der Waals surface area contributed by atoms with Crippen LogP contribution in [0, 0.1) is 5.92 Å². The van der Waals surface area contributed by atoms with E-state index in [1.807, 2.05) is 20.8 Å². The van der Waals surface area contributed by atoms with Crippen LogP contribution in [0.3, 0.4) is 0 Å². The Morgan fingerprint density at radius 1 is 1.33 bits per heavy atom. The Labute approximate surface area is 128 Å². The predicted molar refractivity (Wildman–Crippen MR) is 83.8 cm³/mol. The van der Waals surface area contributed by atoms with E-state index in [4.69, 9.17) is 5.73 Å². The average molecular weight is 298 g/mol. The van der Waals surface area contributed by atoms with Crippen LogP contribution in [-0.4, -0.2) is 66.9 Å². The van der Waals surface area contributed by atoms with Crippen molar-refractivity contribution in [2.45, 2.75) is 39.7 Å². The minimum atomic E-state index is -0.0953. The van der Waals surface area contributed by atoms with Gasteiger partial charge < -0.3 is 16.0 Å². The highest BCUT2D eigenvalue weighted by atomic mass is 16.2. The number of piperidine rings is 1. The molecule has 1 aliphatic heterocycles. The van der Waals surface area contributed by atoms with Crippen molar-refractivity contribution < 1.29 is 9.59 Å². The second-order valence-corrected chi connectivity index (χ2v) is 6.09. The highest BCUT2D eigenvalue weighted by Crippen LogP contribution is 2.15. The van der Waals surface area contributed by atoms with Crippen molar-refractivity contribution in [2.75, 3.05) is 39.3 Å². The standard InChI is InChI=1S/C15H30N4O2/c1-4-19(10-14(20)17-12(2)3)15(21)11-18-7-5-13(9-16)6-8-18/h12-13H,4-11,16H2,1-3H3,(H,17,20). The van der Waals surface area contributed by atoms with Crippen LogP contribution in [-0.2, 0) is 9.59 Å². The van der Waals surface area contributed by atoms with Crippen LogP contribution in [0.4, 0.5) is 0 Å². The maximum absolute atomic E-state index is 12.3. The summed E-state index contributed by atoms with van der Waals surface area (Å²) in [5, 5.41) is 2.82. The van der Waals surface area contributed by atoms with E-state index >= 15 is 0 Å². The monoisotopic (exact) mass is 298 g/mol. The Kier molecular flexibility index (Phi) is 7.67. The SMILES string of the molecule is CCN(CC(=O)NC(C)C)C(=O)CN1CCC(CN)CC1. The Hall–Kier alpha value is -1.14. The summed E-state index contributed by atoms with van der Waals surface area (Å²) in [4.78, 5) is 27.8. The molecule has 0 aromatic carbocycles. The van der Waals surface area contributed by atoms with Crippen molar-refractivity contribution in [3.05, 3.63) is 0 Å². The van der Waals surface area contributed by atoms with Gasteiger partial charge in [0.2, 0.25) is 11.8 Å². The zero-order valence-electron chi connectivity index (χ0n) is 13.6. The minimum absolute atomic E-state index is 0.0302. The molecule has 1 rings (SSSR count). The van der Waals surface area contributed by atoms with Gasteiger partial charge in [-0.2, -0.15) is 0 Å². The Morgan fingerprint density at radius 3 is 2.43 bits per heavy atom. The number of likely N-dealkylation sites (N-methyl/N-ethyl adjacent to an activating group) is 1. The Balaban J connectivity index is 2.39. The van der Waals surface area contributed by atoms with Crippen molar-refractivity contribution in [1.82, 2.24) is 15.1 Å². The maximum atomic E-state index is 12.3. The zero-order valence-corrected chi connectivity index (χ0v) is 13.6. The molecule has 1 aliphatic rings. The molecule has 2 amide bonds. The summed E-state index contributed by atoms with van der Waals surface area (Å²) in [5.41, 5.74) is 5.68. The first-order chi connectivity index (χ1) is 9.96. The van der Waals surface area contributed by atoms with E-state index < -0.39 is 0 Å². The van der Waals surface area contributed by atoms with Gasteiger partial charge in [-0.15, -0.1) is 0 Å². The molecule has 0 radical (unpaired) electrons. The molecule has 0 unspecified atom stereocenters. The Morgan fingerprint density at radius 2 is 1.95 bits per heavy atom. The lowest BCUT2D eigenvalue weighted by Gasteiger charge is -2.32. The molecular weight excluding hydrogens is 268 g/mol. The first kappa shape index (κ1) is 17.9. The van der Waals surface area contributed by atoms with Crippen LogP contribution in [0.1, 0.15) is 33.6 Å². The number of hydrogen-bond donors (Lipinski definition) is 2. The summed E-state index contributed by atoms with van der Waals surface area (Å²) in [7, 11) is 0. The van der Waals surface area contributed by atoms with Crippen molar-refractivity contribution in [3.8, 4) is 0 Å². The lowest BCUT2D eigenvalue weighted by Crippen LogP contribution is -2.47. The first-order valence-electron chi connectivity index (χ1n) is 7.95. The van der Waals surface area contributed by atoms with Gasteiger partial charge in [-0.3, -0.25) is 14.5 Å². The lowest BCUT2D eigenvalue weighted by molar-refractivity contribution is -0.137. The number of nitrogens with two attached hydrogens (primary N) is 1. The van der Waals surface area contributed by atoms with Crippen LogP contribution in [0.5, 0.6) is 0 Å². The quantitative estimate of drug-likeness (QED) is 0.695. The molecule has 0 aromatic rings. The summed E-state index contributed by atoms with van der Waals surface area (Å²) in [6, 6.07) is 0.0987. The molecule has 0 aliphatic carbocycles. The van der Waals surface area contributed by atoms with Crippen molar-refractivity contribution >= 4 is 11.8 Å². The van der Waals surface area contributed by atoms with Crippen LogP contribution < -0.4 is 11.1 Å². The number of hydrogen-bond acceptors (Lipinski definition) is 4. The number of nitrogens with one attached hydrogen (secondary N) is 1. The smallest absolute Gasteiger partial charge is 0.239 e. The number of nitrogens with zero attached hydrogens (tertiary/aromatic N) is 2. The van der Waals surface area contributed by atoms with E-state index in [-0.39, 0.29) is 24.4 Å². The molecule has 0 saturated carbocycles. The topological polar surface area (TPSA) is 78.7 Å². The maximum Gasteiger partial charge on any atom is 0.239 e. The summed E-state index contributed by atoms with van der Waals surface area (Å²) < 4.78 is 0. The van der Waals surface area contributed by atoms with E-state index in [2.05, 4.69) is 10.2 Å². The van der Waals surface area contributed by atoms with Gasteiger partial charge in [0, 0.05) is 12.6 Å². The summed E-state index contributed by atoms with van der Waals surface area (Å²) >= 11 is 0. The number of carbonyl (C=O) groups is 2. The molecule has 1 saturated heterocycles. The number of carbonyl (C=O) groups excluding carboxylic acids is 2. The second kappa shape index (κ2) is 9.00. The highest BCUT2D eigenvalue weighted by molar-refractivity contribution is 5.85. The molecule has 0 atom stereocenters. The van der Waals surface area contributed by atoms with Gasteiger partial charge in [0.1, 0.15) is 0 Å². The van der Waals surface area contributed by atoms with Crippen LogP contribution in [0.2, 0.25) is 0 Å². The van der Waals surface area contributed by atoms with Gasteiger partial charge in [0.15, 0.2) is 0 Å². The normalized spacial score (nSPS) is 17.0. The van der Waals surface area contributed by atoms with Crippen LogP contribution in [0.15, 0.2) is 0 Å². The van der Waals surface area contributed by atoms with Crippen molar-refractivity contribution in [2.24, 2.45) is 11.7 Å². The molecule has 3 N–H and O–H groups in total. The molecule has 0 spiro atoms. The summed E-state index contributed by atoms with van der Waals surface area (Å²) in [5.74, 6) is 0.528. The predicted octanol–water partition coefficient (Wildman–Crippen LogP) is 0.0302. The highest BCUT2D eigenvalue weighted by Gasteiger charge is 2.22. The first-order valence-corrected chi connectivity index (χ1v) is 7.95. The van der Waals surface area contributed by atoms with E-state index in [1.165, 1.54) is 0 Å². The fourth-order valence-electron chi connectivity index (χ4n) is 2.59. The Bertz CT molecular complexity index is 339. The molecular formula is C15H30N4O2. The van der Waals surface area contributed by atoms with Gasteiger partial charge in [0.05, 0.1) is 13.1 Å². The number of amides is 2. The van der Waals surface area contributed by atoms with E-state index in [0.29, 0.717) is 19.0 Å². The van der Waals surface area contributed by atoms with Crippen molar-refractivity contribution in [3.63, 3.8) is 0 Å². The molecule has 6 heteroatoms. The number of likely N-dealkylation sites (tertiary alicyclic amines) is 1. The third kappa shape index (κ3) is 6.44. The third-order valence-electron chi connectivity index (χ3n) is 3.92. The molecule has 122 valence electrons. The third-order valence-corrected chi connectivity index (χ3v) is 3.92.